The van der Waals surface area contributed by atoms with Crippen molar-refractivity contribution in [2.45, 2.75) is 32.9 Å². The van der Waals surface area contributed by atoms with Crippen LogP contribution >= 0.6 is 0 Å². The zero-order chi connectivity index (χ0) is 11.2. The fraction of sp³-hybridized carbons (Fsp3) is 0.357. The number of rotatable bonds is 5. The summed E-state index contributed by atoms with van der Waals surface area (Å²) < 4.78 is 4.48. The molecular weight excluding hydrogens is 276 g/mol. The summed E-state index contributed by atoms with van der Waals surface area (Å²) in [5.74, 6) is 0. The highest BCUT2D eigenvalue weighted by Gasteiger charge is 2.03. The van der Waals surface area contributed by atoms with Crippen LogP contribution in [0.2, 0.25) is 0 Å². The summed E-state index contributed by atoms with van der Waals surface area (Å²) in [6, 6.07) is 10.6. The van der Waals surface area contributed by atoms with Gasteiger partial charge in [-0.3, -0.25) is 0 Å². The lowest BCUT2D eigenvalue weighted by Gasteiger charge is -1.96. The monoisotopic (exact) mass is 294 g/mol. The number of benzene rings is 1. The predicted molar refractivity (Wildman–Crippen MR) is 65.1 cm³/mol. The molecule has 0 radical (unpaired) electrons. The minimum Gasteiger partial charge on any atom is -1.00 e. The molecule has 0 aliphatic rings. The molecule has 0 N–H and O–H groups in total. The first-order valence-electron chi connectivity index (χ1n) is 5.97. The number of aromatic nitrogens is 2. The topological polar surface area (TPSA) is 8.81 Å². The molecule has 0 fully saturated rings. The molecule has 0 atom stereocenters. The molecule has 0 saturated heterocycles. The van der Waals surface area contributed by atoms with Crippen molar-refractivity contribution >= 4 is 0 Å². The van der Waals surface area contributed by atoms with Gasteiger partial charge >= 0.3 is 0 Å². The van der Waals surface area contributed by atoms with Gasteiger partial charge in [-0.25, -0.2) is 9.13 Å². The number of nitrogens with zero attached hydrogens (tertiary/aromatic N) is 2. The number of hydrogen-bond donors (Lipinski definition) is 0. The van der Waals surface area contributed by atoms with Crippen molar-refractivity contribution in [1.82, 2.24) is 4.57 Å². The maximum Gasteiger partial charge on any atom is 0.244 e. The molecule has 0 aliphatic carbocycles. The van der Waals surface area contributed by atoms with Crippen molar-refractivity contribution in [3.63, 3.8) is 0 Å². The number of hydrogen-bond acceptors (Lipinski definition) is 0. The van der Waals surface area contributed by atoms with Crippen molar-refractivity contribution in [3.05, 3.63) is 54.6 Å². The predicted octanol–water partition coefficient (Wildman–Crippen LogP) is -0.372. The van der Waals surface area contributed by atoms with Gasteiger partial charge in [-0.1, -0.05) is 43.7 Å². The maximum absolute atomic E-state index is 2.26. The number of halogens is 1. The largest absolute Gasteiger partial charge is 1.00 e. The van der Waals surface area contributed by atoms with Crippen LogP contribution in [0.15, 0.2) is 49.1 Å². The average molecular weight is 295 g/mol. The third-order valence-corrected chi connectivity index (χ3v) is 2.72. The summed E-state index contributed by atoms with van der Waals surface area (Å²) in [4.78, 5) is 0. The van der Waals surface area contributed by atoms with Crippen LogP contribution in [0.1, 0.15) is 25.3 Å². The van der Waals surface area contributed by atoms with Crippen molar-refractivity contribution in [2.24, 2.45) is 0 Å². The fourth-order valence-electron chi connectivity index (χ4n) is 1.80. The molecule has 0 aliphatic heterocycles. The smallest absolute Gasteiger partial charge is 0.244 e. The molecule has 1 aromatic carbocycles. The standard InChI is InChI=1S/C14H19N2.BrH/c1-2-3-9-15-10-11-16(13-15)12-14-7-5-4-6-8-14;/h4-8,10-11,13H,2-3,9,12H2,1H3;1H/q+1;/p-1. The Morgan fingerprint density at radius 1 is 1.18 bits per heavy atom. The van der Waals surface area contributed by atoms with Crippen LogP contribution in [0.4, 0.5) is 0 Å². The Bertz CT molecular complexity index is 423. The van der Waals surface area contributed by atoms with E-state index < -0.39 is 0 Å². The summed E-state index contributed by atoms with van der Waals surface area (Å²) >= 11 is 0. The summed E-state index contributed by atoms with van der Waals surface area (Å²) in [6.07, 6.45) is 8.97. The molecule has 1 aromatic heterocycles. The van der Waals surface area contributed by atoms with Gasteiger partial charge in [-0.2, -0.15) is 0 Å². The minimum atomic E-state index is 0. The third-order valence-electron chi connectivity index (χ3n) is 2.72. The molecule has 92 valence electrons. The second-order valence-corrected chi connectivity index (χ2v) is 4.16. The molecule has 2 rings (SSSR count). The van der Waals surface area contributed by atoms with E-state index in [1.807, 2.05) is 0 Å². The molecular formula is C14H19BrN2. The molecule has 2 nitrogen and oxygen atoms in total. The van der Waals surface area contributed by atoms with Gasteiger partial charge < -0.3 is 17.0 Å². The molecule has 17 heavy (non-hydrogen) atoms. The average Bonchev–Trinajstić information content (AvgIpc) is 2.75. The Balaban J connectivity index is 0.00000144. The first-order valence-corrected chi connectivity index (χ1v) is 5.97. The van der Waals surface area contributed by atoms with Gasteiger partial charge in [0.05, 0.1) is 6.54 Å². The Hall–Kier alpha value is -1.09. The highest BCUT2D eigenvalue weighted by atomic mass is 79.9. The van der Waals surface area contributed by atoms with E-state index in [0.717, 1.165) is 13.1 Å². The van der Waals surface area contributed by atoms with E-state index in [9.17, 15) is 0 Å². The highest BCUT2D eigenvalue weighted by molar-refractivity contribution is 5.13. The number of unbranched alkanes of at least 4 members (excludes halogenated alkanes) is 1. The minimum absolute atomic E-state index is 0. The maximum atomic E-state index is 2.26. The third kappa shape index (κ3) is 4.35. The zero-order valence-electron chi connectivity index (χ0n) is 10.2. The van der Waals surface area contributed by atoms with E-state index in [-0.39, 0.29) is 17.0 Å². The second kappa shape index (κ2) is 7.28. The summed E-state index contributed by atoms with van der Waals surface area (Å²) in [5, 5.41) is 0. The van der Waals surface area contributed by atoms with E-state index in [2.05, 4.69) is 65.1 Å². The normalized spacial score (nSPS) is 9.94. The van der Waals surface area contributed by atoms with Gasteiger partial charge in [0.1, 0.15) is 18.9 Å². The molecule has 3 heteroatoms. The number of aryl methyl sites for hydroxylation is 1. The van der Waals surface area contributed by atoms with Gasteiger partial charge in [-0.15, -0.1) is 0 Å². The van der Waals surface area contributed by atoms with Gasteiger partial charge in [-0.05, 0) is 12.0 Å². The molecule has 1 heterocycles. The van der Waals surface area contributed by atoms with Crippen molar-refractivity contribution in [2.75, 3.05) is 0 Å². The summed E-state index contributed by atoms with van der Waals surface area (Å²) in [7, 11) is 0. The lowest BCUT2D eigenvalue weighted by atomic mass is 10.2. The fourth-order valence-corrected chi connectivity index (χ4v) is 1.80. The van der Waals surface area contributed by atoms with Crippen molar-refractivity contribution in [3.8, 4) is 0 Å². The van der Waals surface area contributed by atoms with Gasteiger partial charge in [0, 0.05) is 0 Å². The van der Waals surface area contributed by atoms with Crippen LogP contribution in [-0.2, 0) is 13.1 Å². The molecule has 2 aromatic rings. The van der Waals surface area contributed by atoms with Crippen LogP contribution in [0.3, 0.4) is 0 Å². The SMILES string of the molecule is CCCCn1cc[n+](Cc2ccccc2)c1.[Br-]. The summed E-state index contributed by atoms with van der Waals surface area (Å²) in [5.41, 5.74) is 1.35. The van der Waals surface area contributed by atoms with Gasteiger partial charge in [0.25, 0.3) is 0 Å². The van der Waals surface area contributed by atoms with Gasteiger partial charge in [0.2, 0.25) is 6.33 Å². The Kier molecular flexibility index (Phi) is 5.98. The van der Waals surface area contributed by atoms with Crippen LogP contribution in [0.25, 0.3) is 0 Å². The van der Waals surface area contributed by atoms with Crippen LogP contribution < -0.4 is 21.5 Å². The zero-order valence-corrected chi connectivity index (χ0v) is 11.8. The van der Waals surface area contributed by atoms with Crippen LogP contribution in [0.5, 0.6) is 0 Å². The van der Waals surface area contributed by atoms with Crippen molar-refractivity contribution < 1.29 is 21.5 Å². The molecule has 0 unspecified atom stereocenters. The quantitative estimate of drug-likeness (QED) is 0.666. The lowest BCUT2D eigenvalue weighted by Crippen LogP contribution is -3.00. The first-order chi connectivity index (χ1) is 7.88. The molecule has 0 spiro atoms. The Labute approximate surface area is 114 Å². The number of imidazole rings is 1. The van der Waals surface area contributed by atoms with E-state index in [0.29, 0.717) is 0 Å². The van der Waals surface area contributed by atoms with Crippen LogP contribution in [0, 0.1) is 0 Å². The van der Waals surface area contributed by atoms with E-state index in [4.69, 9.17) is 0 Å². The Morgan fingerprint density at radius 3 is 2.65 bits per heavy atom. The Morgan fingerprint density at radius 2 is 1.94 bits per heavy atom. The van der Waals surface area contributed by atoms with Gasteiger partial charge in [0.15, 0.2) is 0 Å². The summed E-state index contributed by atoms with van der Waals surface area (Å²) in [6.45, 7) is 4.31. The van der Waals surface area contributed by atoms with Crippen LogP contribution in [-0.4, -0.2) is 4.57 Å². The molecule has 0 saturated carbocycles. The van der Waals surface area contributed by atoms with Crippen molar-refractivity contribution in [1.29, 1.82) is 0 Å². The molecule has 0 bridgehead atoms. The molecule has 0 amide bonds. The van der Waals surface area contributed by atoms with E-state index in [1.54, 1.807) is 0 Å². The second-order valence-electron chi connectivity index (χ2n) is 4.16. The lowest BCUT2D eigenvalue weighted by molar-refractivity contribution is -0.687. The van der Waals surface area contributed by atoms with E-state index in [1.165, 1.54) is 18.4 Å². The highest BCUT2D eigenvalue weighted by Crippen LogP contribution is 1.98. The van der Waals surface area contributed by atoms with E-state index >= 15 is 0 Å². The first kappa shape index (κ1) is 14.0.